The smallest absolute Gasteiger partial charge is 0.291 e. The highest BCUT2D eigenvalue weighted by atomic mass is 79.9. The predicted molar refractivity (Wildman–Crippen MR) is 97.2 cm³/mol. The summed E-state index contributed by atoms with van der Waals surface area (Å²) in [6, 6.07) is 16.0. The van der Waals surface area contributed by atoms with E-state index in [1.165, 1.54) is 7.11 Å². The van der Waals surface area contributed by atoms with Crippen LogP contribution in [0.1, 0.15) is 10.6 Å². The van der Waals surface area contributed by atoms with Crippen LogP contribution >= 0.6 is 15.9 Å². The number of anilines is 2. The van der Waals surface area contributed by atoms with Crippen molar-refractivity contribution in [1.82, 2.24) is 0 Å². The van der Waals surface area contributed by atoms with Gasteiger partial charge in [0.1, 0.15) is 11.5 Å². The van der Waals surface area contributed by atoms with Crippen molar-refractivity contribution in [2.45, 2.75) is 0 Å². The molecule has 1 aromatic heterocycles. The molecule has 1 amide bonds. The maximum absolute atomic E-state index is 12.4. The molecule has 0 fully saturated rings. The standard InChI is InChI=1S/C18H15BrN2O3/c1-23-17-10-11(20)6-7-14(17)21-18(22)16-9-8-15(24-16)12-4-2-3-5-13(12)19/h2-10H,20H2,1H3,(H,21,22). The zero-order valence-corrected chi connectivity index (χ0v) is 14.5. The van der Waals surface area contributed by atoms with Crippen LogP contribution in [0.3, 0.4) is 0 Å². The fraction of sp³-hybridized carbons (Fsp3) is 0.0556. The minimum absolute atomic E-state index is 0.208. The number of methoxy groups -OCH3 is 1. The number of furan rings is 1. The zero-order chi connectivity index (χ0) is 17.1. The van der Waals surface area contributed by atoms with E-state index in [0.717, 1.165) is 10.0 Å². The number of rotatable bonds is 4. The van der Waals surface area contributed by atoms with Crippen molar-refractivity contribution in [2.24, 2.45) is 0 Å². The topological polar surface area (TPSA) is 77.5 Å². The first-order valence-corrected chi connectivity index (χ1v) is 7.97. The second-order valence-electron chi connectivity index (χ2n) is 5.06. The van der Waals surface area contributed by atoms with Crippen molar-refractivity contribution in [1.29, 1.82) is 0 Å². The molecule has 3 rings (SSSR count). The van der Waals surface area contributed by atoms with Crippen LogP contribution in [0.15, 0.2) is 63.5 Å². The van der Waals surface area contributed by atoms with Gasteiger partial charge >= 0.3 is 0 Å². The van der Waals surface area contributed by atoms with Crippen LogP contribution in [0.25, 0.3) is 11.3 Å². The van der Waals surface area contributed by atoms with Gasteiger partial charge in [-0.15, -0.1) is 0 Å². The fourth-order valence-corrected chi connectivity index (χ4v) is 2.74. The summed E-state index contributed by atoms with van der Waals surface area (Å²) < 4.78 is 11.8. The minimum atomic E-state index is -0.364. The van der Waals surface area contributed by atoms with E-state index in [2.05, 4.69) is 21.2 Å². The Kier molecular flexibility index (Phi) is 4.57. The third-order valence-electron chi connectivity index (χ3n) is 3.44. The van der Waals surface area contributed by atoms with Crippen molar-refractivity contribution in [3.8, 4) is 17.1 Å². The number of nitrogens with one attached hydrogen (secondary N) is 1. The molecular weight excluding hydrogens is 372 g/mol. The summed E-state index contributed by atoms with van der Waals surface area (Å²) in [5.41, 5.74) is 7.67. The van der Waals surface area contributed by atoms with Crippen LogP contribution in [0, 0.1) is 0 Å². The molecule has 0 saturated heterocycles. The number of hydrogen-bond acceptors (Lipinski definition) is 4. The molecule has 122 valence electrons. The van der Waals surface area contributed by atoms with Gasteiger partial charge in [0, 0.05) is 21.8 Å². The third-order valence-corrected chi connectivity index (χ3v) is 4.13. The van der Waals surface area contributed by atoms with Crippen LogP contribution in [-0.4, -0.2) is 13.0 Å². The van der Waals surface area contributed by atoms with Gasteiger partial charge in [-0.2, -0.15) is 0 Å². The minimum Gasteiger partial charge on any atom is -0.494 e. The zero-order valence-electron chi connectivity index (χ0n) is 12.9. The lowest BCUT2D eigenvalue weighted by Gasteiger charge is -2.09. The molecule has 0 aliphatic rings. The molecule has 0 radical (unpaired) electrons. The summed E-state index contributed by atoms with van der Waals surface area (Å²) in [5, 5.41) is 2.76. The second kappa shape index (κ2) is 6.80. The molecule has 3 aromatic rings. The van der Waals surface area contributed by atoms with Gasteiger partial charge in [-0.3, -0.25) is 4.79 Å². The van der Waals surface area contributed by atoms with Gasteiger partial charge < -0.3 is 20.2 Å². The fourth-order valence-electron chi connectivity index (χ4n) is 2.26. The van der Waals surface area contributed by atoms with Crippen molar-refractivity contribution in [3.05, 3.63) is 64.8 Å². The number of carbonyl (C=O) groups excluding carboxylic acids is 1. The average Bonchev–Trinajstić information content (AvgIpc) is 3.06. The molecule has 0 saturated carbocycles. The Morgan fingerprint density at radius 2 is 1.96 bits per heavy atom. The summed E-state index contributed by atoms with van der Waals surface area (Å²) in [6.45, 7) is 0. The summed E-state index contributed by atoms with van der Waals surface area (Å²) in [7, 11) is 1.52. The first-order chi connectivity index (χ1) is 11.6. The number of hydrogen-bond donors (Lipinski definition) is 2. The number of benzene rings is 2. The Hall–Kier alpha value is -2.73. The lowest BCUT2D eigenvalue weighted by Crippen LogP contribution is -2.11. The van der Waals surface area contributed by atoms with Crippen LogP contribution < -0.4 is 15.8 Å². The van der Waals surface area contributed by atoms with Gasteiger partial charge in [0.25, 0.3) is 5.91 Å². The monoisotopic (exact) mass is 386 g/mol. The lowest BCUT2D eigenvalue weighted by molar-refractivity contribution is 0.0997. The van der Waals surface area contributed by atoms with Crippen LogP contribution in [0.2, 0.25) is 0 Å². The first-order valence-electron chi connectivity index (χ1n) is 7.18. The Morgan fingerprint density at radius 3 is 2.71 bits per heavy atom. The van der Waals surface area contributed by atoms with Crippen LogP contribution in [0.4, 0.5) is 11.4 Å². The Balaban J connectivity index is 1.83. The normalized spacial score (nSPS) is 10.4. The third kappa shape index (κ3) is 3.28. The van der Waals surface area contributed by atoms with E-state index in [1.807, 2.05) is 24.3 Å². The molecule has 0 aliphatic carbocycles. The summed E-state index contributed by atoms with van der Waals surface area (Å²) in [5.74, 6) is 0.939. The maximum atomic E-state index is 12.4. The van der Waals surface area contributed by atoms with Gasteiger partial charge in [0.2, 0.25) is 0 Å². The average molecular weight is 387 g/mol. The number of ether oxygens (including phenoxy) is 1. The molecule has 24 heavy (non-hydrogen) atoms. The summed E-state index contributed by atoms with van der Waals surface area (Å²) in [6.07, 6.45) is 0. The first kappa shape index (κ1) is 16.1. The Labute approximate surface area is 147 Å². The Morgan fingerprint density at radius 1 is 1.17 bits per heavy atom. The molecule has 5 nitrogen and oxygen atoms in total. The van der Waals surface area contributed by atoms with Gasteiger partial charge in [0.05, 0.1) is 12.8 Å². The van der Waals surface area contributed by atoms with Crippen molar-refractivity contribution in [2.75, 3.05) is 18.2 Å². The predicted octanol–water partition coefficient (Wildman–Crippen LogP) is 4.55. The van der Waals surface area contributed by atoms with Crippen LogP contribution in [0.5, 0.6) is 5.75 Å². The van der Waals surface area contributed by atoms with Gasteiger partial charge in [-0.1, -0.05) is 34.1 Å². The van der Waals surface area contributed by atoms with E-state index in [-0.39, 0.29) is 11.7 Å². The summed E-state index contributed by atoms with van der Waals surface area (Å²) >= 11 is 3.47. The number of nitrogen functional groups attached to an aromatic ring is 1. The molecule has 0 spiro atoms. The van der Waals surface area contributed by atoms with Crippen molar-refractivity contribution in [3.63, 3.8) is 0 Å². The van der Waals surface area contributed by atoms with Crippen LogP contribution in [-0.2, 0) is 0 Å². The number of carbonyl (C=O) groups is 1. The highest BCUT2D eigenvalue weighted by Crippen LogP contribution is 2.30. The number of nitrogens with two attached hydrogens (primary N) is 1. The lowest BCUT2D eigenvalue weighted by atomic mass is 10.2. The van der Waals surface area contributed by atoms with Crippen molar-refractivity contribution < 1.29 is 13.9 Å². The SMILES string of the molecule is COc1cc(N)ccc1NC(=O)c1ccc(-c2ccccc2Br)o1. The van der Waals surface area contributed by atoms with Gasteiger partial charge in [-0.25, -0.2) is 0 Å². The number of halogens is 1. The molecule has 3 N–H and O–H groups in total. The molecule has 0 aliphatic heterocycles. The summed E-state index contributed by atoms with van der Waals surface area (Å²) in [4.78, 5) is 12.4. The van der Waals surface area contributed by atoms with E-state index >= 15 is 0 Å². The van der Waals surface area contributed by atoms with E-state index in [9.17, 15) is 4.79 Å². The van der Waals surface area contributed by atoms with Gasteiger partial charge in [0.15, 0.2) is 5.76 Å². The van der Waals surface area contributed by atoms with E-state index < -0.39 is 0 Å². The van der Waals surface area contributed by atoms with Gasteiger partial charge in [-0.05, 0) is 30.3 Å². The molecule has 6 heteroatoms. The molecule has 0 bridgehead atoms. The van der Waals surface area contributed by atoms with E-state index in [0.29, 0.717) is 22.9 Å². The van der Waals surface area contributed by atoms with E-state index in [4.69, 9.17) is 14.9 Å². The largest absolute Gasteiger partial charge is 0.494 e. The van der Waals surface area contributed by atoms with E-state index in [1.54, 1.807) is 30.3 Å². The molecular formula is C18H15BrN2O3. The quantitative estimate of drug-likeness (QED) is 0.644. The number of amides is 1. The molecule has 0 unspecified atom stereocenters. The van der Waals surface area contributed by atoms with Crippen molar-refractivity contribution >= 4 is 33.2 Å². The molecule has 1 heterocycles. The Bertz CT molecular complexity index is 889. The highest BCUT2D eigenvalue weighted by molar-refractivity contribution is 9.10. The second-order valence-corrected chi connectivity index (χ2v) is 5.91. The molecule has 0 atom stereocenters. The maximum Gasteiger partial charge on any atom is 0.291 e. The molecule has 2 aromatic carbocycles. The highest BCUT2D eigenvalue weighted by Gasteiger charge is 2.15.